The van der Waals surface area contributed by atoms with E-state index < -0.39 is 0 Å². The SMILES string of the molecule is COCCN(C)CCCCNC(C)C. The number of hydrogen-bond donors (Lipinski definition) is 1. The molecule has 0 rings (SSSR count). The van der Waals surface area contributed by atoms with Crippen LogP contribution < -0.4 is 5.32 Å². The van der Waals surface area contributed by atoms with Gasteiger partial charge in [0.15, 0.2) is 0 Å². The molecule has 0 aliphatic heterocycles. The van der Waals surface area contributed by atoms with Crippen molar-refractivity contribution in [2.45, 2.75) is 32.7 Å². The van der Waals surface area contributed by atoms with Gasteiger partial charge < -0.3 is 15.0 Å². The van der Waals surface area contributed by atoms with E-state index in [-0.39, 0.29) is 0 Å². The first-order chi connectivity index (χ1) is 6.66. The number of hydrogen-bond acceptors (Lipinski definition) is 3. The van der Waals surface area contributed by atoms with Gasteiger partial charge in [-0.3, -0.25) is 0 Å². The number of ether oxygens (including phenoxy) is 1. The highest BCUT2D eigenvalue weighted by Crippen LogP contribution is 1.92. The molecule has 0 spiro atoms. The molecule has 0 aromatic rings. The second-order valence-electron chi connectivity index (χ2n) is 4.11. The molecule has 86 valence electrons. The number of nitrogens with zero attached hydrogens (tertiary/aromatic N) is 1. The molecule has 0 unspecified atom stereocenters. The lowest BCUT2D eigenvalue weighted by Gasteiger charge is -2.16. The van der Waals surface area contributed by atoms with E-state index in [0.29, 0.717) is 6.04 Å². The van der Waals surface area contributed by atoms with Crippen molar-refractivity contribution in [2.24, 2.45) is 0 Å². The Morgan fingerprint density at radius 3 is 2.50 bits per heavy atom. The monoisotopic (exact) mass is 202 g/mol. The van der Waals surface area contributed by atoms with Crippen LogP contribution in [0.15, 0.2) is 0 Å². The second kappa shape index (κ2) is 9.44. The molecule has 0 aromatic carbocycles. The summed E-state index contributed by atoms with van der Waals surface area (Å²) in [5.74, 6) is 0. The molecular weight excluding hydrogens is 176 g/mol. The van der Waals surface area contributed by atoms with E-state index in [1.54, 1.807) is 7.11 Å². The molecule has 14 heavy (non-hydrogen) atoms. The Morgan fingerprint density at radius 1 is 1.21 bits per heavy atom. The average molecular weight is 202 g/mol. The molecule has 3 heteroatoms. The summed E-state index contributed by atoms with van der Waals surface area (Å²) >= 11 is 0. The van der Waals surface area contributed by atoms with Gasteiger partial charge in [0.05, 0.1) is 6.61 Å². The minimum atomic E-state index is 0.612. The summed E-state index contributed by atoms with van der Waals surface area (Å²) in [6.07, 6.45) is 2.52. The minimum Gasteiger partial charge on any atom is -0.383 e. The summed E-state index contributed by atoms with van der Waals surface area (Å²) in [6.45, 7) is 8.54. The summed E-state index contributed by atoms with van der Waals surface area (Å²) in [4.78, 5) is 2.32. The van der Waals surface area contributed by atoms with Crippen molar-refractivity contribution in [1.29, 1.82) is 0 Å². The lowest BCUT2D eigenvalue weighted by atomic mass is 10.3. The van der Waals surface area contributed by atoms with Gasteiger partial charge in [-0.2, -0.15) is 0 Å². The fourth-order valence-electron chi connectivity index (χ4n) is 1.26. The van der Waals surface area contributed by atoms with E-state index in [9.17, 15) is 0 Å². The van der Waals surface area contributed by atoms with Crippen molar-refractivity contribution < 1.29 is 4.74 Å². The molecule has 3 nitrogen and oxygen atoms in total. The topological polar surface area (TPSA) is 24.5 Å². The highest BCUT2D eigenvalue weighted by molar-refractivity contribution is 4.55. The molecule has 0 radical (unpaired) electrons. The van der Waals surface area contributed by atoms with Crippen molar-refractivity contribution in [3.8, 4) is 0 Å². The molecule has 0 fully saturated rings. The third-order valence-electron chi connectivity index (χ3n) is 2.20. The number of rotatable bonds is 9. The van der Waals surface area contributed by atoms with Crippen molar-refractivity contribution >= 4 is 0 Å². The van der Waals surface area contributed by atoms with Crippen molar-refractivity contribution in [3.63, 3.8) is 0 Å². The van der Waals surface area contributed by atoms with E-state index in [1.165, 1.54) is 19.4 Å². The van der Waals surface area contributed by atoms with E-state index in [0.717, 1.165) is 19.7 Å². The van der Waals surface area contributed by atoms with E-state index >= 15 is 0 Å². The van der Waals surface area contributed by atoms with Gasteiger partial charge in [0, 0.05) is 19.7 Å². The molecule has 0 saturated heterocycles. The molecule has 0 aromatic heterocycles. The lowest BCUT2D eigenvalue weighted by molar-refractivity contribution is 0.160. The summed E-state index contributed by atoms with van der Waals surface area (Å²) in [5.41, 5.74) is 0. The number of methoxy groups -OCH3 is 1. The van der Waals surface area contributed by atoms with Gasteiger partial charge in [0.2, 0.25) is 0 Å². The second-order valence-corrected chi connectivity index (χ2v) is 4.11. The zero-order valence-corrected chi connectivity index (χ0v) is 10.2. The maximum absolute atomic E-state index is 5.02. The molecule has 0 saturated carbocycles. The molecule has 1 N–H and O–H groups in total. The molecular formula is C11H26N2O. The first kappa shape index (κ1) is 13.9. The van der Waals surface area contributed by atoms with Crippen LogP contribution in [-0.2, 0) is 4.74 Å². The van der Waals surface area contributed by atoms with Crippen molar-refractivity contribution in [2.75, 3.05) is 40.4 Å². The van der Waals surface area contributed by atoms with Crippen LogP contribution in [0.1, 0.15) is 26.7 Å². The normalized spacial score (nSPS) is 11.6. The van der Waals surface area contributed by atoms with Crippen LogP contribution in [0.3, 0.4) is 0 Å². The Bertz CT molecular complexity index is 118. The smallest absolute Gasteiger partial charge is 0.0589 e. The number of unbranched alkanes of at least 4 members (excludes halogenated alkanes) is 1. The van der Waals surface area contributed by atoms with Gasteiger partial charge in [-0.15, -0.1) is 0 Å². The average Bonchev–Trinajstić information content (AvgIpc) is 2.13. The molecule has 0 heterocycles. The van der Waals surface area contributed by atoms with E-state index in [1.807, 2.05) is 0 Å². The van der Waals surface area contributed by atoms with Gasteiger partial charge >= 0.3 is 0 Å². The van der Waals surface area contributed by atoms with Gasteiger partial charge in [-0.25, -0.2) is 0 Å². The van der Waals surface area contributed by atoms with Gasteiger partial charge in [0.1, 0.15) is 0 Å². The zero-order valence-electron chi connectivity index (χ0n) is 10.2. The Labute approximate surface area is 88.8 Å². The maximum Gasteiger partial charge on any atom is 0.0589 e. The lowest BCUT2D eigenvalue weighted by Crippen LogP contribution is -2.26. The van der Waals surface area contributed by atoms with Crippen LogP contribution in [0.25, 0.3) is 0 Å². The fourth-order valence-corrected chi connectivity index (χ4v) is 1.26. The summed E-state index contributed by atoms with van der Waals surface area (Å²) in [7, 11) is 3.90. The van der Waals surface area contributed by atoms with Gasteiger partial charge in [-0.05, 0) is 33.0 Å². The van der Waals surface area contributed by atoms with Crippen LogP contribution in [0.5, 0.6) is 0 Å². The van der Waals surface area contributed by atoms with Gasteiger partial charge in [-0.1, -0.05) is 13.8 Å². The van der Waals surface area contributed by atoms with Crippen LogP contribution >= 0.6 is 0 Å². The van der Waals surface area contributed by atoms with Crippen LogP contribution in [0.2, 0.25) is 0 Å². The molecule has 0 atom stereocenters. The zero-order chi connectivity index (χ0) is 10.8. The third kappa shape index (κ3) is 9.96. The standard InChI is InChI=1S/C11H26N2O/c1-11(2)12-7-5-6-8-13(3)9-10-14-4/h11-12H,5-10H2,1-4H3. The summed E-state index contributed by atoms with van der Waals surface area (Å²) < 4.78 is 5.02. The largest absolute Gasteiger partial charge is 0.383 e. The number of nitrogens with one attached hydrogen (secondary N) is 1. The molecule has 0 amide bonds. The van der Waals surface area contributed by atoms with Crippen molar-refractivity contribution in [1.82, 2.24) is 10.2 Å². The fraction of sp³-hybridized carbons (Fsp3) is 1.00. The highest BCUT2D eigenvalue weighted by atomic mass is 16.5. The molecule has 0 aliphatic carbocycles. The molecule has 0 bridgehead atoms. The predicted molar refractivity (Wildman–Crippen MR) is 61.7 cm³/mol. The van der Waals surface area contributed by atoms with Crippen LogP contribution in [0, 0.1) is 0 Å². The maximum atomic E-state index is 5.02. The first-order valence-electron chi connectivity index (χ1n) is 5.57. The minimum absolute atomic E-state index is 0.612. The first-order valence-corrected chi connectivity index (χ1v) is 5.57. The molecule has 0 aliphatic rings. The van der Waals surface area contributed by atoms with E-state index in [2.05, 4.69) is 31.1 Å². The van der Waals surface area contributed by atoms with Crippen LogP contribution in [-0.4, -0.2) is 51.3 Å². The van der Waals surface area contributed by atoms with E-state index in [4.69, 9.17) is 4.74 Å². The highest BCUT2D eigenvalue weighted by Gasteiger charge is 1.97. The Hall–Kier alpha value is -0.120. The van der Waals surface area contributed by atoms with Crippen LogP contribution in [0.4, 0.5) is 0 Å². The third-order valence-corrected chi connectivity index (χ3v) is 2.20. The Kier molecular flexibility index (Phi) is 9.35. The predicted octanol–water partition coefficient (Wildman–Crippen LogP) is 1.34. The van der Waals surface area contributed by atoms with Crippen molar-refractivity contribution in [3.05, 3.63) is 0 Å². The summed E-state index contributed by atoms with van der Waals surface area (Å²) in [6, 6.07) is 0.612. The Balaban J connectivity index is 3.10. The van der Waals surface area contributed by atoms with Gasteiger partial charge in [0.25, 0.3) is 0 Å². The Morgan fingerprint density at radius 2 is 1.93 bits per heavy atom. The number of likely N-dealkylation sites (N-methyl/N-ethyl adjacent to an activating group) is 1. The summed E-state index contributed by atoms with van der Waals surface area (Å²) in [5, 5.41) is 3.42. The quantitative estimate of drug-likeness (QED) is 0.571.